The second-order valence-electron chi connectivity index (χ2n) is 7.17. The van der Waals surface area contributed by atoms with E-state index < -0.39 is 27.6 Å². The zero-order chi connectivity index (χ0) is 24.3. The van der Waals surface area contributed by atoms with Crippen molar-refractivity contribution in [1.82, 2.24) is 19.5 Å². The molecule has 0 aliphatic carbocycles. The summed E-state index contributed by atoms with van der Waals surface area (Å²) in [5, 5.41) is 0.895. The van der Waals surface area contributed by atoms with E-state index in [9.17, 15) is 30.4 Å². The number of nitrogens with zero attached hydrogens (tertiary/aromatic N) is 4. The highest BCUT2D eigenvalue weighted by Crippen LogP contribution is 2.44. The van der Waals surface area contributed by atoms with Crippen molar-refractivity contribution in [3.05, 3.63) is 46.8 Å². The number of sulfone groups is 1. The Morgan fingerprint density at radius 1 is 1.06 bits per heavy atom. The third-order valence-electron chi connectivity index (χ3n) is 5.18. The molecule has 4 aromatic rings. The van der Waals surface area contributed by atoms with E-state index in [0.717, 1.165) is 6.20 Å². The third-order valence-corrected chi connectivity index (χ3v) is 7.67. The number of pyridine rings is 2. The van der Waals surface area contributed by atoms with Crippen LogP contribution in [-0.4, -0.2) is 39.9 Å². The predicted molar refractivity (Wildman–Crippen MR) is 115 cm³/mol. The van der Waals surface area contributed by atoms with Crippen molar-refractivity contribution in [3.8, 4) is 11.5 Å². The van der Waals surface area contributed by atoms with Crippen LogP contribution in [0.5, 0.6) is 0 Å². The molecule has 0 atom stereocenters. The number of hydrogen-bond acceptors (Lipinski definition) is 5. The normalized spacial score (nSPS) is 13.2. The van der Waals surface area contributed by atoms with Gasteiger partial charge in [0.25, 0.3) is 0 Å². The molecule has 0 saturated heterocycles. The van der Waals surface area contributed by atoms with Gasteiger partial charge in [0, 0.05) is 28.5 Å². The largest absolute Gasteiger partial charge is 0.459 e. The van der Waals surface area contributed by atoms with Gasteiger partial charge in [0.15, 0.2) is 15.7 Å². The summed E-state index contributed by atoms with van der Waals surface area (Å²) in [7, 11) is -2.39. The van der Waals surface area contributed by atoms with E-state index >= 15 is 0 Å². The lowest BCUT2D eigenvalue weighted by Gasteiger charge is -2.18. The molecule has 6 nitrogen and oxygen atoms in total. The predicted octanol–water partition coefficient (Wildman–Crippen LogP) is 5.39. The molecule has 0 aliphatic heterocycles. The van der Waals surface area contributed by atoms with Crippen molar-refractivity contribution in [2.24, 2.45) is 7.05 Å². The first-order valence-electron chi connectivity index (χ1n) is 9.37. The second-order valence-corrected chi connectivity index (χ2v) is 10.2. The van der Waals surface area contributed by atoms with Crippen molar-refractivity contribution in [3.63, 3.8) is 0 Å². The summed E-state index contributed by atoms with van der Waals surface area (Å²) in [5.41, 5.74) is -1.64. The van der Waals surface area contributed by atoms with Crippen LogP contribution in [0.1, 0.15) is 12.6 Å². The lowest BCUT2D eigenvalue weighted by Crippen LogP contribution is -2.34. The molecule has 174 valence electrons. The minimum atomic E-state index is -5.83. The Kier molecular flexibility index (Phi) is 5.47. The van der Waals surface area contributed by atoms with Gasteiger partial charge in [-0.3, -0.25) is 9.97 Å². The molecule has 0 unspecified atom stereocenters. The molecule has 0 amide bonds. The molecule has 0 bridgehead atoms. The molecule has 0 spiro atoms. The van der Waals surface area contributed by atoms with Crippen LogP contribution >= 0.6 is 15.9 Å². The topological polar surface area (TPSA) is 77.7 Å². The van der Waals surface area contributed by atoms with Gasteiger partial charge < -0.3 is 4.57 Å². The highest BCUT2D eigenvalue weighted by Gasteiger charge is 2.60. The van der Waals surface area contributed by atoms with Crippen LogP contribution in [0.15, 0.2) is 46.0 Å². The Labute approximate surface area is 192 Å². The maximum Gasteiger partial charge on any atom is 0.459 e. The van der Waals surface area contributed by atoms with Crippen molar-refractivity contribution in [2.45, 2.75) is 23.9 Å². The first-order chi connectivity index (χ1) is 15.3. The number of alkyl halides is 5. The summed E-state index contributed by atoms with van der Waals surface area (Å²) in [4.78, 5) is 11.6. The molecule has 33 heavy (non-hydrogen) atoms. The number of benzene rings is 1. The number of halogens is 6. The fourth-order valence-electron chi connectivity index (χ4n) is 3.42. The molecule has 0 saturated carbocycles. The van der Waals surface area contributed by atoms with Gasteiger partial charge in [-0.25, -0.2) is 13.4 Å². The smallest absolute Gasteiger partial charge is 0.324 e. The van der Waals surface area contributed by atoms with Crippen LogP contribution in [0.25, 0.3) is 33.3 Å². The summed E-state index contributed by atoms with van der Waals surface area (Å²) in [6, 6.07) is 5.50. The SMILES string of the molecule is CCS(=O)(=O)c1c(-c2nc3cc(C(F)(F)C(F)(F)F)ncc3n2C)ncc2c(Br)cccc12. The summed E-state index contributed by atoms with van der Waals surface area (Å²) in [6.07, 6.45) is -3.56. The summed E-state index contributed by atoms with van der Waals surface area (Å²) in [5.74, 6) is -5.45. The summed E-state index contributed by atoms with van der Waals surface area (Å²) in [6.45, 7) is 1.46. The maximum atomic E-state index is 13.8. The molecule has 0 N–H and O–H groups in total. The fraction of sp³-hybridized carbons (Fsp3) is 0.250. The molecular formula is C20H14BrF5N4O2S. The maximum absolute atomic E-state index is 13.8. The Morgan fingerprint density at radius 3 is 2.39 bits per heavy atom. The minimum Gasteiger partial charge on any atom is -0.324 e. The van der Waals surface area contributed by atoms with Crippen LogP contribution < -0.4 is 0 Å². The molecule has 0 fully saturated rings. The average Bonchev–Trinajstić information content (AvgIpc) is 3.08. The Balaban J connectivity index is 2.03. The highest BCUT2D eigenvalue weighted by atomic mass is 79.9. The van der Waals surface area contributed by atoms with E-state index in [1.165, 1.54) is 24.7 Å². The van der Waals surface area contributed by atoms with Gasteiger partial charge in [0.2, 0.25) is 0 Å². The van der Waals surface area contributed by atoms with Crippen molar-refractivity contribution >= 4 is 47.6 Å². The number of aryl methyl sites for hydroxylation is 1. The lowest BCUT2D eigenvalue weighted by molar-refractivity contribution is -0.290. The lowest BCUT2D eigenvalue weighted by atomic mass is 10.1. The molecule has 13 heteroatoms. The van der Waals surface area contributed by atoms with Crippen LogP contribution in [0.2, 0.25) is 0 Å². The van der Waals surface area contributed by atoms with Crippen molar-refractivity contribution in [2.75, 3.05) is 5.75 Å². The number of fused-ring (bicyclic) bond motifs is 2. The van der Waals surface area contributed by atoms with E-state index in [0.29, 0.717) is 21.3 Å². The van der Waals surface area contributed by atoms with Crippen molar-refractivity contribution in [1.29, 1.82) is 0 Å². The van der Waals surface area contributed by atoms with E-state index in [1.807, 2.05) is 0 Å². The fourth-order valence-corrected chi connectivity index (χ4v) is 5.13. The molecule has 1 aromatic carbocycles. The summed E-state index contributed by atoms with van der Waals surface area (Å²) < 4.78 is 93.9. The monoisotopic (exact) mass is 548 g/mol. The Hall–Kier alpha value is -2.67. The summed E-state index contributed by atoms with van der Waals surface area (Å²) >= 11 is 3.36. The first kappa shape index (κ1) is 23.5. The third kappa shape index (κ3) is 3.66. The van der Waals surface area contributed by atoms with E-state index in [2.05, 4.69) is 30.9 Å². The molecule has 4 rings (SSSR count). The minimum absolute atomic E-state index is 0.0202. The zero-order valence-corrected chi connectivity index (χ0v) is 19.4. The average molecular weight is 549 g/mol. The molecule has 3 aromatic heterocycles. The highest BCUT2D eigenvalue weighted by molar-refractivity contribution is 9.10. The van der Waals surface area contributed by atoms with Crippen LogP contribution in [0.4, 0.5) is 22.0 Å². The van der Waals surface area contributed by atoms with Crippen molar-refractivity contribution < 1.29 is 30.4 Å². The molecule has 0 aliphatic rings. The quantitative estimate of drug-likeness (QED) is 0.319. The van der Waals surface area contributed by atoms with Crippen LogP contribution in [0.3, 0.4) is 0 Å². The van der Waals surface area contributed by atoms with Gasteiger partial charge >= 0.3 is 12.1 Å². The van der Waals surface area contributed by atoms with Gasteiger partial charge in [0.1, 0.15) is 16.3 Å². The van der Waals surface area contributed by atoms with E-state index in [4.69, 9.17) is 0 Å². The number of hydrogen-bond donors (Lipinski definition) is 0. The van der Waals surface area contributed by atoms with Crippen LogP contribution in [-0.2, 0) is 22.8 Å². The number of imidazole rings is 1. The number of aromatic nitrogens is 4. The Bertz CT molecular complexity index is 1520. The van der Waals surface area contributed by atoms with E-state index in [1.54, 1.807) is 18.2 Å². The van der Waals surface area contributed by atoms with Gasteiger partial charge in [-0.2, -0.15) is 22.0 Å². The van der Waals surface area contributed by atoms with Gasteiger partial charge in [-0.1, -0.05) is 35.0 Å². The molecule has 0 radical (unpaired) electrons. The molecule has 3 heterocycles. The van der Waals surface area contributed by atoms with Gasteiger partial charge in [0.05, 0.1) is 23.0 Å². The van der Waals surface area contributed by atoms with Gasteiger partial charge in [-0.05, 0) is 12.1 Å². The van der Waals surface area contributed by atoms with E-state index in [-0.39, 0.29) is 33.2 Å². The number of rotatable bonds is 4. The standard InChI is InChI=1S/C20H14BrF5N4O2S/c1-3-33(31,32)17-10-5-4-6-12(21)11(10)8-28-16(17)18-29-13-7-15(19(22,23)20(24,25)26)27-9-14(13)30(18)2/h4-9H,3H2,1-2H3. The first-order valence-corrected chi connectivity index (χ1v) is 11.8. The van der Waals surface area contributed by atoms with Gasteiger partial charge in [-0.15, -0.1) is 0 Å². The van der Waals surface area contributed by atoms with Crippen LogP contribution in [0, 0.1) is 0 Å². The zero-order valence-electron chi connectivity index (χ0n) is 17.0. The molecular weight excluding hydrogens is 535 g/mol. The Morgan fingerprint density at radius 2 is 1.76 bits per heavy atom. The second kappa shape index (κ2) is 7.69.